The summed E-state index contributed by atoms with van der Waals surface area (Å²) in [5, 5.41) is 3.65. The molecule has 0 aliphatic carbocycles. The predicted octanol–water partition coefficient (Wildman–Crippen LogP) is 7.83. The summed E-state index contributed by atoms with van der Waals surface area (Å²) >= 11 is 11.4. The smallest absolute Gasteiger partial charge is 0.345 e. The minimum Gasteiger partial charge on any atom is -0.345 e. The van der Waals surface area contributed by atoms with Crippen molar-refractivity contribution in [3.63, 3.8) is 0 Å². The number of fused-ring (bicyclic) bond motifs is 1. The molecule has 2 amide bonds. The highest BCUT2D eigenvalue weighted by atomic mass is 35.5. The molecule has 0 saturated heterocycles. The monoisotopic (exact) mass is 608 g/mol. The van der Waals surface area contributed by atoms with E-state index >= 15 is 0 Å². The van der Waals surface area contributed by atoms with Crippen LogP contribution in [0.15, 0.2) is 54.6 Å². The lowest BCUT2D eigenvalue weighted by atomic mass is 9.94. The Morgan fingerprint density at radius 1 is 0.925 bits per heavy atom. The molecule has 13 heteroatoms. The molecule has 214 valence electrons. The van der Waals surface area contributed by atoms with Gasteiger partial charge in [-0.15, -0.1) is 0 Å². The number of nitrogens with one attached hydrogen (secondary N) is 2. The van der Waals surface area contributed by atoms with Gasteiger partial charge in [-0.2, -0.15) is 26.3 Å². The third kappa shape index (κ3) is 7.45. The molecule has 3 aromatic carbocycles. The Morgan fingerprint density at radius 3 is 2.05 bits per heavy atom. The lowest BCUT2D eigenvalue weighted by Crippen LogP contribution is -2.56. The van der Waals surface area contributed by atoms with E-state index in [0.717, 1.165) is 18.2 Å². The molecule has 1 atom stereocenters. The van der Waals surface area contributed by atoms with Crippen molar-refractivity contribution in [3.05, 3.63) is 87.2 Å². The standard InChI is InChI=1S/C27H21Cl2F7N2O2/c1-25(2,24(40)37-13-26(31,32)33)38-23(39)18-9-7-14(16-5-3-4-6-17(16)18)8-10-19(27(34,35)36)15-11-20(28)22(30)21(29)12-15/h3-12,19H,13H2,1-2H3,(H,37,40)(H,38,39)/b10-8+. The second kappa shape index (κ2) is 11.7. The van der Waals surface area contributed by atoms with E-state index in [-0.39, 0.29) is 11.1 Å². The van der Waals surface area contributed by atoms with Crippen LogP contribution >= 0.6 is 23.2 Å². The third-order valence-corrected chi connectivity index (χ3v) is 6.38. The second-order valence-electron chi connectivity index (χ2n) is 9.30. The number of amides is 2. The Morgan fingerprint density at radius 2 is 1.50 bits per heavy atom. The van der Waals surface area contributed by atoms with Gasteiger partial charge in [-0.05, 0) is 53.9 Å². The molecule has 3 aromatic rings. The first-order chi connectivity index (χ1) is 18.4. The fourth-order valence-electron chi connectivity index (χ4n) is 3.84. The Hall–Kier alpha value is -3.31. The van der Waals surface area contributed by atoms with E-state index in [4.69, 9.17) is 23.2 Å². The molecule has 40 heavy (non-hydrogen) atoms. The maximum atomic E-state index is 13.9. The molecule has 0 aromatic heterocycles. The topological polar surface area (TPSA) is 58.2 Å². The van der Waals surface area contributed by atoms with Crippen molar-refractivity contribution >= 4 is 51.9 Å². The van der Waals surface area contributed by atoms with Crippen LogP contribution in [0, 0.1) is 5.82 Å². The number of carbonyl (C=O) groups excluding carboxylic acids is 2. The lowest BCUT2D eigenvalue weighted by molar-refractivity contribution is -0.141. The van der Waals surface area contributed by atoms with Crippen LogP contribution in [0.2, 0.25) is 10.0 Å². The quantitative estimate of drug-likeness (QED) is 0.212. The minimum atomic E-state index is -4.78. The molecule has 2 N–H and O–H groups in total. The zero-order chi connectivity index (χ0) is 30.0. The number of allylic oxidation sites excluding steroid dienone is 1. The molecular formula is C27H21Cl2F7N2O2. The number of hydrogen-bond acceptors (Lipinski definition) is 2. The van der Waals surface area contributed by atoms with Gasteiger partial charge in [0.2, 0.25) is 5.91 Å². The number of hydrogen-bond donors (Lipinski definition) is 2. The van der Waals surface area contributed by atoms with Gasteiger partial charge in [0, 0.05) is 5.56 Å². The van der Waals surface area contributed by atoms with Crippen molar-refractivity contribution < 1.29 is 40.3 Å². The van der Waals surface area contributed by atoms with Gasteiger partial charge >= 0.3 is 12.4 Å². The van der Waals surface area contributed by atoms with E-state index in [1.165, 1.54) is 38.1 Å². The average molecular weight is 609 g/mol. The summed E-state index contributed by atoms with van der Waals surface area (Å²) < 4.78 is 92.9. The van der Waals surface area contributed by atoms with Gasteiger partial charge in [0.15, 0.2) is 5.82 Å². The largest absolute Gasteiger partial charge is 0.405 e. The SMILES string of the molecule is CC(C)(NC(=O)c1ccc(/C=C/C(c2cc(Cl)c(F)c(Cl)c2)C(F)(F)F)c2ccccc12)C(=O)NCC(F)(F)F. The van der Waals surface area contributed by atoms with Crippen molar-refractivity contribution in [2.45, 2.75) is 37.7 Å². The van der Waals surface area contributed by atoms with E-state index in [1.807, 2.05) is 0 Å². The number of carbonyl (C=O) groups is 2. The lowest BCUT2D eigenvalue weighted by Gasteiger charge is -2.26. The van der Waals surface area contributed by atoms with E-state index in [9.17, 15) is 40.3 Å². The van der Waals surface area contributed by atoms with Crippen LogP contribution in [0.3, 0.4) is 0 Å². The molecule has 0 aliphatic heterocycles. The highest BCUT2D eigenvalue weighted by molar-refractivity contribution is 6.35. The third-order valence-electron chi connectivity index (χ3n) is 5.83. The Bertz CT molecular complexity index is 1440. The average Bonchev–Trinajstić information content (AvgIpc) is 2.84. The first-order valence-electron chi connectivity index (χ1n) is 11.5. The molecule has 3 rings (SSSR count). The van der Waals surface area contributed by atoms with E-state index in [1.54, 1.807) is 23.5 Å². The first kappa shape index (κ1) is 31.2. The van der Waals surface area contributed by atoms with Crippen LogP contribution in [0.25, 0.3) is 16.8 Å². The minimum absolute atomic E-state index is 0.0360. The molecule has 0 spiro atoms. The Kier molecular flexibility index (Phi) is 9.10. The Labute approximate surface area is 234 Å². The molecular weight excluding hydrogens is 588 g/mol. The zero-order valence-electron chi connectivity index (χ0n) is 20.8. The summed E-state index contributed by atoms with van der Waals surface area (Å²) in [5.41, 5.74) is -1.78. The fraction of sp³-hybridized carbons (Fsp3) is 0.259. The summed E-state index contributed by atoms with van der Waals surface area (Å²) in [6, 6.07) is 10.6. The van der Waals surface area contributed by atoms with E-state index in [0.29, 0.717) is 16.3 Å². The molecule has 0 bridgehead atoms. The highest BCUT2D eigenvalue weighted by Crippen LogP contribution is 2.39. The first-order valence-corrected chi connectivity index (χ1v) is 12.2. The molecule has 0 heterocycles. The summed E-state index contributed by atoms with van der Waals surface area (Å²) in [6.45, 7) is 0.868. The molecule has 1 unspecified atom stereocenters. The number of halogens is 9. The van der Waals surface area contributed by atoms with E-state index < -0.39 is 58.0 Å². The van der Waals surface area contributed by atoms with Gasteiger partial charge < -0.3 is 10.6 Å². The van der Waals surface area contributed by atoms with Crippen LogP contribution in [0.5, 0.6) is 0 Å². The van der Waals surface area contributed by atoms with Gasteiger partial charge in [-0.3, -0.25) is 9.59 Å². The highest BCUT2D eigenvalue weighted by Gasteiger charge is 2.39. The van der Waals surface area contributed by atoms with Crippen molar-refractivity contribution in [3.8, 4) is 0 Å². The summed E-state index contributed by atoms with van der Waals surface area (Å²) in [5.74, 6) is -5.09. The van der Waals surface area contributed by atoms with Crippen LogP contribution in [0.1, 0.15) is 41.3 Å². The molecule has 0 saturated carbocycles. The summed E-state index contributed by atoms with van der Waals surface area (Å²) in [6.07, 6.45) is -7.40. The van der Waals surface area contributed by atoms with Crippen molar-refractivity contribution in [2.24, 2.45) is 0 Å². The molecule has 0 radical (unpaired) electrons. The maximum absolute atomic E-state index is 13.9. The number of benzene rings is 3. The zero-order valence-corrected chi connectivity index (χ0v) is 22.3. The number of rotatable bonds is 7. The van der Waals surface area contributed by atoms with Crippen molar-refractivity contribution in [2.75, 3.05) is 6.54 Å². The number of alkyl halides is 6. The molecule has 0 fully saturated rings. The van der Waals surface area contributed by atoms with Gasteiger partial charge in [0.1, 0.15) is 12.1 Å². The van der Waals surface area contributed by atoms with Crippen LogP contribution in [-0.2, 0) is 4.79 Å². The maximum Gasteiger partial charge on any atom is 0.405 e. The van der Waals surface area contributed by atoms with Crippen LogP contribution < -0.4 is 10.6 Å². The van der Waals surface area contributed by atoms with Crippen molar-refractivity contribution in [1.82, 2.24) is 10.6 Å². The molecule has 4 nitrogen and oxygen atoms in total. The van der Waals surface area contributed by atoms with Crippen molar-refractivity contribution in [1.29, 1.82) is 0 Å². The van der Waals surface area contributed by atoms with Gasteiger partial charge in [-0.1, -0.05) is 65.7 Å². The fourth-order valence-corrected chi connectivity index (χ4v) is 4.34. The summed E-state index contributed by atoms with van der Waals surface area (Å²) in [7, 11) is 0. The van der Waals surface area contributed by atoms with Gasteiger partial charge in [-0.25, -0.2) is 4.39 Å². The predicted molar refractivity (Wildman–Crippen MR) is 139 cm³/mol. The summed E-state index contributed by atoms with van der Waals surface area (Å²) in [4.78, 5) is 25.3. The van der Waals surface area contributed by atoms with Crippen LogP contribution in [-0.4, -0.2) is 36.3 Å². The van der Waals surface area contributed by atoms with Crippen LogP contribution in [0.4, 0.5) is 30.7 Å². The van der Waals surface area contributed by atoms with E-state index in [2.05, 4.69) is 5.32 Å². The van der Waals surface area contributed by atoms with Gasteiger partial charge in [0.25, 0.3) is 5.91 Å². The second-order valence-corrected chi connectivity index (χ2v) is 10.1. The van der Waals surface area contributed by atoms with Gasteiger partial charge in [0.05, 0.1) is 16.0 Å². The normalized spacial score (nSPS) is 13.5. The molecule has 0 aliphatic rings. The Balaban J connectivity index is 1.95.